The zero-order valence-corrected chi connectivity index (χ0v) is 9.14. The number of methoxy groups -OCH3 is 1. The van der Waals surface area contributed by atoms with Gasteiger partial charge in [-0.05, 0) is 25.8 Å². The summed E-state index contributed by atoms with van der Waals surface area (Å²) in [5.74, 6) is 0.446. The molecule has 1 saturated carbocycles. The van der Waals surface area contributed by atoms with Crippen LogP contribution >= 0.6 is 0 Å². The molecule has 82 valence electrons. The lowest BCUT2D eigenvalue weighted by molar-refractivity contribution is 0.396. The van der Waals surface area contributed by atoms with Crippen LogP contribution in [0.4, 0.5) is 4.39 Å². The molecule has 0 aliphatic heterocycles. The van der Waals surface area contributed by atoms with Crippen molar-refractivity contribution in [1.82, 2.24) is 0 Å². The molecular weight excluding hydrogens is 193 g/mol. The molecule has 15 heavy (non-hydrogen) atoms. The Morgan fingerprint density at radius 1 is 1.47 bits per heavy atom. The maximum atomic E-state index is 13.3. The van der Waals surface area contributed by atoms with Crippen LogP contribution in [0, 0.1) is 12.7 Å². The van der Waals surface area contributed by atoms with Gasteiger partial charge in [-0.2, -0.15) is 0 Å². The van der Waals surface area contributed by atoms with E-state index in [4.69, 9.17) is 10.5 Å². The van der Waals surface area contributed by atoms with Crippen LogP contribution in [-0.2, 0) is 5.41 Å². The Morgan fingerprint density at radius 3 is 2.60 bits per heavy atom. The monoisotopic (exact) mass is 209 g/mol. The number of nitrogens with two attached hydrogens (primary N) is 1. The molecule has 0 saturated heterocycles. The third-order valence-electron chi connectivity index (χ3n) is 3.36. The summed E-state index contributed by atoms with van der Waals surface area (Å²) in [4.78, 5) is 0. The van der Waals surface area contributed by atoms with E-state index in [1.807, 2.05) is 0 Å². The average Bonchev–Trinajstić information content (AvgIpc) is 3.02. The summed E-state index contributed by atoms with van der Waals surface area (Å²) in [6, 6.07) is 3.31. The largest absolute Gasteiger partial charge is 0.496 e. The SMILES string of the molecule is COc1c(C2(CN)CC2)ccc(F)c1C. The van der Waals surface area contributed by atoms with E-state index < -0.39 is 0 Å². The van der Waals surface area contributed by atoms with Crippen molar-refractivity contribution in [2.45, 2.75) is 25.2 Å². The summed E-state index contributed by atoms with van der Waals surface area (Å²) in [5, 5.41) is 0. The number of ether oxygens (including phenoxy) is 1. The van der Waals surface area contributed by atoms with E-state index in [1.165, 1.54) is 6.07 Å². The van der Waals surface area contributed by atoms with Gasteiger partial charge in [-0.1, -0.05) is 6.07 Å². The molecule has 1 fully saturated rings. The molecular formula is C12H16FNO. The molecule has 0 bridgehead atoms. The number of hydrogen-bond acceptors (Lipinski definition) is 2. The normalized spacial score (nSPS) is 17.6. The Hall–Kier alpha value is -1.09. The van der Waals surface area contributed by atoms with Crippen LogP contribution in [0.2, 0.25) is 0 Å². The standard InChI is InChI=1S/C12H16FNO/c1-8-10(13)4-3-9(11(8)15-2)12(7-14)5-6-12/h3-4H,5-7,14H2,1-2H3. The Bertz CT molecular complexity index is 385. The van der Waals surface area contributed by atoms with Crippen molar-refractivity contribution in [1.29, 1.82) is 0 Å². The van der Waals surface area contributed by atoms with E-state index in [9.17, 15) is 4.39 Å². The minimum Gasteiger partial charge on any atom is -0.496 e. The maximum absolute atomic E-state index is 13.3. The van der Waals surface area contributed by atoms with Crippen LogP contribution in [-0.4, -0.2) is 13.7 Å². The van der Waals surface area contributed by atoms with Gasteiger partial charge in [-0.25, -0.2) is 4.39 Å². The number of hydrogen-bond donors (Lipinski definition) is 1. The van der Waals surface area contributed by atoms with Crippen molar-refractivity contribution < 1.29 is 9.13 Å². The summed E-state index contributed by atoms with van der Waals surface area (Å²) in [6.07, 6.45) is 2.15. The van der Waals surface area contributed by atoms with Crippen LogP contribution in [0.15, 0.2) is 12.1 Å². The first-order valence-electron chi connectivity index (χ1n) is 5.18. The van der Waals surface area contributed by atoms with Crippen molar-refractivity contribution in [3.8, 4) is 5.75 Å². The van der Waals surface area contributed by atoms with Crippen LogP contribution in [0.5, 0.6) is 5.75 Å². The molecule has 0 heterocycles. The molecule has 0 radical (unpaired) electrons. The summed E-state index contributed by atoms with van der Waals surface area (Å²) >= 11 is 0. The number of rotatable bonds is 3. The second-order valence-corrected chi connectivity index (χ2v) is 4.24. The van der Waals surface area contributed by atoms with Gasteiger partial charge in [-0.3, -0.25) is 0 Å². The Kier molecular flexibility index (Phi) is 2.43. The summed E-state index contributed by atoms with van der Waals surface area (Å²) in [5.41, 5.74) is 7.45. The minimum absolute atomic E-state index is 0.0454. The van der Waals surface area contributed by atoms with Crippen LogP contribution in [0.1, 0.15) is 24.0 Å². The second-order valence-electron chi connectivity index (χ2n) is 4.24. The Balaban J connectivity index is 2.52. The molecule has 1 aromatic carbocycles. The van der Waals surface area contributed by atoms with Gasteiger partial charge in [0.05, 0.1) is 7.11 Å². The van der Waals surface area contributed by atoms with Crippen molar-refractivity contribution in [2.24, 2.45) is 5.73 Å². The first-order valence-corrected chi connectivity index (χ1v) is 5.18. The highest BCUT2D eigenvalue weighted by Gasteiger charge is 2.45. The fourth-order valence-corrected chi connectivity index (χ4v) is 2.08. The summed E-state index contributed by atoms with van der Waals surface area (Å²) in [7, 11) is 1.58. The first-order chi connectivity index (χ1) is 7.14. The van der Waals surface area contributed by atoms with Crippen molar-refractivity contribution in [2.75, 3.05) is 13.7 Å². The highest BCUT2D eigenvalue weighted by atomic mass is 19.1. The Labute approximate surface area is 89.2 Å². The molecule has 0 amide bonds. The van der Waals surface area contributed by atoms with Gasteiger partial charge in [0.2, 0.25) is 0 Å². The molecule has 3 heteroatoms. The smallest absolute Gasteiger partial charge is 0.129 e. The van der Waals surface area contributed by atoms with Gasteiger partial charge in [-0.15, -0.1) is 0 Å². The van der Waals surface area contributed by atoms with E-state index >= 15 is 0 Å². The lowest BCUT2D eigenvalue weighted by Gasteiger charge is -2.18. The molecule has 2 rings (SSSR count). The zero-order chi connectivity index (χ0) is 11.1. The van der Waals surface area contributed by atoms with E-state index in [2.05, 4.69) is 0 Å². The van der Waals surface area contributed by atoms with Gasteiger partial charge in [0.1, 0.15) is 11.6 Å². The van der Waals surface area contributed by atoms with E-state index in [-0.39, 0.29) is 11.2 Å². The van der Waals surface area contributed by atoms with Gasteiger partial charge in [0.25, 0.3) is 0 Å². The predicted molar refractivity (Wildman–Crippen MR) is 57.7 cm³/mol. The predicted octanol–water partition coefficient (Wildman–Crippen LogP) is 2.13. The molecule has 0 atom stereocenters. The molecule has 0 aromatic heterocycles. The lowest BCUT2D eigenvalue weighted by atomic mass is 9.93. The van der Waals surface area contributed by atoms with Crippen molar-refractivity contribution in [3.05, 3.63) is 29.1 Å². The molecule has 0 spiro atoms. The highest BCUT2D eigenvalue weighted by Crippen LogP contribution is 2.51. The average molecular weight is 209 g/mol. The van der Waals surface area contributed by atoms with E-state index in [1.54, 1.807) is 20.1 Å². The molecule has 0 unspecified atom stereocenters. The van der Waals surface area contributed by atoms with Crippen LogP contribution in [0.3, 0.4) is 0 Å². The van der Waals surface area contributed by atoms with Gasteiger partial charge in [0.15, 0.2) is 0 Å². The summed E-state index contributed by atoms with van der Waals surface area (Å²) in [6.45, 7) is 2.35. The molecule has 1 aliphatic rings. The number of halogens is 1. The van der Waals surface area contributed by atoms with Crippen molar-refractivity contribution >= 4 is 0 Å². The third-order valence-corrected chi connectivity index (χ3v) is 3.36. The molecule has 2 nitrogen and oxygen atoms in total. The van der Waals surface area contributed by atoms with Gasteiger partial charge < -0.3 is 10.5 Å². The fourth-order valence-electron chi connectivity index (χ4n) is 2.08. The topological polar surface area (TPSA) is 35.2 Å². The third kappa shape index (κ3) is 1.51. The van der Waals surface area contributed by atoms with Gasteiger partial charge in [0, 0.05) is 23.1 Å². The van der Waals surface area contributed by atoms with Crippen LogP contribution in [0.25, 0.3) is 0 Å². The summed E-state index contributed by atoms with van der Waals surface area (Å²) < 4.78 is 18.6. The molecule has 1 aromatic rings. The number of benzene rings is 1. The van der Waals surface area contributed by atoms with E-state index in [0.717, 1.165) is 18.4 Å². The highest BCUT2D eigenvalue weighted by molar-refractivity contribution is 5.48. The quantitative estimate of drug-likeness (QED) is 0.827. The lowest BCUT2D eigenvalue weighted by Crippen LogP contribution is -2.21. The van der Waals surface area contributed by atoms with Crippen molar-refractivity contribution in [3.63, 3.8) is 0 Å². The molecule has 2 N–H and O–H groups in total. The Morgan fingerprint density at radius 2 is 2.13 bits per heavy atom. The van der Waals surface area contributed by atoms with Crippen LogP contribution < -0.4 is 10.5 Å². The fraction of sp³-hybridized carbons (Fsp3) is 0.500. The van der Waals surface area contributed by atoms with Gasteiger partial charge >= 0.3 is 0 Å². The molecule has 1 aliphatic carbocycles. The second kappa shape index (κ2) is 3.49. The zero-order valence-electron chi connectivity index (χ0n) is 9.14. The maximum Gasteiger partial charge on any atom is 0.129 e. The first kappa shape index (κ1) is 10.4. The minimum atomic E-state index is -0.219. The van der Waals surface area contributed by atoms with E-state index in [0.29, 0.717) is 17.9 Å².